The Hall–Kier alpha value is -3.24. The van der Waals surface area contributed by atoms with Crippen molar-refractivity contribution in [2.24, 2.45) is 5.92 Å². The van der Waals surface area contributed by atoms with Crippen molar-refractivity contribution in [3.05, 3.63) is 35.1 Å². The second-order valence-corrected chi connectivity index (χ2v) is 9.73. The summed E-state index contributed by atoms with van der Waals surface area (Å²) in [5.74, 6) is 1.79. The number of anilines is 2. The molecule has 1 aliphatic heterocycles. The zero-order chi connectivity index (χ0) is 23.1. The molecule has 1 fully saturated rings. The van der Waals surface area contributed by atoms with E-state index >= 15 is 0 Å². The number of hydrogen-bond acceptors (Lipinski definition) is 8. The molecule has 2 N–H and O–H groups in total. The molecular formula is C24H26N6O3S. The Bertz CT molecular complexity index is 1360. The molecule has 9 nitrogen and oxygen atoms in total. The SMILES string of the molecule is CCOc1cc2[nH]ncc2cc1Nc1ncnc2sc3c(c12)CC[C@H](C(=O)N1CCOCC1)C3. The lowest BCUT2D eigenvalue weighted by molar-refractivity contribution is -0.140. The second kappa shape index (κ2) is 8.84. The number of ether oxygens (including phenoxy) is 2. The lowest BCUT2D eigenvalue weighted by Crippen LogP contribution is -2.44. The Balaban J connectivity index is 1.32. The summed E-state index contributed by atoms with van der Waals surface area (Å²) in [6.45, 7) is 5.17. The number of aromatic amines is 1. The van der Waals surface area contributed by atoms with Gasteiger partial charge in [0.2, 0.25) is 5.91 Å². The van der Waals surface area contributed by atoms with E-state index in [2.05, 4.69) is 25.5 Å². The fourth-order valence-electron chi connectivity index (χ4n) is 4.93. The third-order valence-corrected chi connectivity index (χ3v) is 7.77. The Morgan fingerprint density at radius 3 is 3.06 bits per heavy atom. The molecular weight excluding hydrogens is 452 g/mol. The number of morpholine rings is 1. The van der Waals surface area contributed by atoms with Gasteiger partial charge in [-0.05, 0) is 37.8 Å². The van der Waals surface area contributed by atoms with E-state index in [-0.39, 0.29) is 11.8 Å². The van der Waals surface area contributed by atoms with Crippen LogP contribution in [0, 0.1) is 5.92 Å². The van der Waals surface area contributed by atoms with Crippen LogP contribution in [0.3, 0.4) is 0 Å². The van der Waals surface area contributed by atoms with Crippen LogP contribution in [0.15, 0.2) is 24.7 Å². The van der Waals surface area contributed by atoms with Crippen molar-refractivity contribution < 1.29 is 14.3 Å². The largest absolute Gasteiger partial charge is 0.492 e. The third-order valence-electron chi connectivity index (χ3n) is 6.61. The second-order valence-electron chi connectivity index (χ2n) is 8.65. The fraction of sp³-hybridized carbons (Fsp3) is 0.417. The van der Waals surface area contributed by atoms with Gasteiger partial charge < -0.3 is 19.7 Å². The first kappa shape index (κ1) is 21.3. The van der Waals surface area contributed by atoms with Crippen molar-refractivity contribution >= 4 is 49.9 Å². The van der Waals surface area contributed by atoms with Crippen molar-refractivity contribution in [1.29, 1.82) is 0 Å². The molecule has 3 aromatic heterocycles. The van der Waals surface area contributed by atoms with E-state index in [1.54, 1.807) is 23.9 Å². The van der Waals surface area contributed by atoms with E-state index in [0.717, 1.165) is 57.6 Å². The van der Waals surface area contributed by atoms with Crippen LogP contribution in [0.25, 0.3) is 21.1 Å². The summed E-state index contributed by atoms with van der Waals surface area (Å²) in [6.07, 6.45) is 5.84. The summed E-state index contributed by atoms with van der Waals surface area (Å²) in [5, 5.41) is 12.7. The molecule has 1 aliphatic carbocycles. The maximum absolute atomic E-state index is 13.1. The topological polar surface area (TPSA) is 105 Å². The predicted octanol–water partition coefficient (Wildman–Crippen LogP) is 3.67. The minimum atomic E-state index is 0.0242. The van der Waals surface area contributed by atoms with E-state index in [1.165, 1.54) is 10.4 Å². The Labute approximate surface area is 200 Å². The average Bonchev–Trinajstić information content (AvgIpc) is 3.48. The van der Waals surface area contributed by atoms with Gasteiger partial charge in [0.05, 0.1) is 42.6 Å². The minimum absolute atomic E-state index is 0.0242. The number of hydrogen-bond donors (Lipinski definition) is 2. The molecule has 1 atom stereocenters. The molecule has 176 valence electrons. The molecule has 1 amide bonds. The van der Waals surface area contributed by atoms with E-state index in [9.17, 15) is 4.79 Å². The van der Waals surface area contributed by atoms with Crippen LogP contribution >= 0.6 is 11.3 Å². The first-order chi connectivity index (χ1) is 16.7. The molecule has 4 aromatic rings. The summed E-state index contributed by atoms with van der Waals surface area (Å²) in [6, 6.07) is 3.98. The first-order valence-corrected chi connectivity index (χ1v) is 12.5. The van der Waals surface area contributed by atoms with E-state index in [4.69, 9.17) is 9.47 Å². The van der Waals surface area contributed by atoms with Gasteiger partial charge in [0.25, 0.3) is 0 Å². The predicted molar refractivity (Wildman–Crippen MR) is 131 cm³/mol. The van der Waals surface area contributed by atoms with E-state index in [0.29, 0.717) is 32.9 Å². The molecule has 2 aliphatic rings. The maximum atomic E-state index is 13.1. The highest BCUT2D eigenvalue weighted by Gasteiger charge is 2.32. The maximum Gasteiger partial charge on any atom is 0.226 e. The molecule has 6 rings (SSSR count). The summed E-state index contributed by atoms with van der Waals surface area (Å²) in [7, 11) is 0. The Kier molecular flexibility index (Phi) is 5.54. The first-order valence-electron chi connectivity index (χ1n) is 11.7. The zero-order valence-electron chi connectivity index (χ0n) is 19.0. The van der Waals surface area contributed by atoms with Crippen molar-refractivity contribution in [3.63, 3.8) is 0 Å². The smallest absolute Gasteiger partial charge is 0.226 e. The molecule has 34 heavy (non-hydrogen) atoms. The lowest BCUT2D eigenvalue weighted by Gasteiger charge is -2.31. The van der Waals surface area contributed by atoms with Gasteiger partial charge in [-0.15, -0.1) is 11.3 Å². The van der Waals surface area contributed by atoms with Gasteiger partial charge in [-0.3, -0.25) is 9.89 Å². The number of carbonyl (C=O) groups excluding carboxylic acids is 1. The van der Waals surface area contributed by atoms with Gasteiger partial charge in [0.15, 0.2) is 0 Å². The zero-order valence-corrected chi connectivity index (χ0v) is 19.8. The summed E-state index contributed by atoms with van der Waals surface area (Å²) in [5.41, 5.74) is 3.02. The number of rotatable bonds is 5. The van der Waals surface area contributed by atoms with Crippen molar-refractivity contribution in [1.82, 2.24) is 25.1 Å². The summed E-state index contributed by atoms with van der Waals surface area (Å²) >= 11 is 1.68. The fourth-order valence-corrected chi connectivity index (χ4v) is 6.20. The Morgan fingerprint density at radius 1 is 1.32 bits per heavy atom. The van der Waals surface area contributed by atoms with Crippen molar-refractivity contribution in [3.8, 4) is 5.75 Å². The number of fused-ring (bicyclic) bond motifs is 4. The highest BCUT2D eigenvalue weighted by molar-refractivity contribution is 7.19. The average molecular weight is 479 g/mol. The number of H-pyrrole nitrogens is 1. The van der Waals surface area contributed by atoms with Gasteiger partial charge in [-0.2, -0.15) is 5.10 Å². The highest BCUT2D eigenvalue weighted by Crippen LogP contribution is 2.42. The summed E-state index contributed by atoms with van der Waals surface area (Å²) < 4.78 is 11.3. The van der Waals surface area contributed by atoms with Crippen molar-refractivity contribution in [2.45, 2.75) is 26.2 Å². The number of benzene rings is 1. The number of amides is 1. The van der Waals surface area contributed by atoms with Gasteiger partial charge in [-0.25, -0.2) is 9.97 Å². The molecule has 4 heterocycles. The molecule has 0 bridgehead atoms. The molecule has 1 saturated heterocycles. The van der Waals surface area contributed by atoms with Gasteiger partial charge >= 0.3 is 0 Å². The molecule has 1 aromatic carbocycles. The number of aromatic nitrogens is 4. The van der Waals surface area contributed by atoms with Gasteiger partial charge in [-0.1, -0.05) is 0 Å². The molecule has 0 radical (unpaired) electrons. The van der Waals surface area contributed by atoms with Crippen LogP contribution in [0.4, 0.5) is 11.5 Å². The number of carbonyl (C=O) groups is 1. The molecule has 0 unspecified atom stereocenters. The normalized spacial score (nSPS) is 18.3. The number of thiophene rings is 1. The van der Waals surface area contributed by atoms with E-state index in [1.807, 2.05) is 24.0 Å². The van der Waals surface area contributed by atoms with Crippen molar-refractivity contribution in [2.75, 3.05) is 38.2 Å². The molecule has 0 spiro atoms. The number of nitrogens with zero attached hydrogens (tertiary/aromatic N) is 4. The molecule has 0 saturated carbocycles. The number of nitrogens with one attached hydrogen (secondary N) is 2. The highest BCUT2D eigenvalue weighted by atomic mass is 32.1. The quantitative estimate of drug-likeness (QED) is 0.451. The monoisotopic (exact) mass is 478 g/mol. The van der Waals surface area contributed by atoms with Crippen LogP contribution in [-0.2, 0) is 22.4 Å². The third kappa shape index (κ3) is 3.76. The van der Waals surface area contributed by atoms with Crippen LogP contribution in [0.2, 0.25) is 0 Å². The lowest BCUT2D eigenvalue weighted by atomic mass is 9.86. The molecule has 10 heteroatoms. The Morgan fingerprint density at radius 2 is 2.21 bits per heavy atom. The number of aryl methyl sites for hydroxylation is 1. The van der Waals surface area contributed by atoms with E-state index < -0.39 is 0 Å². The van der Waals surface area contributed by atoms with Gasteiger partial charge in [0.1, 0.15) is 22.7 Å². The summed E-state index contributed by atoms with van der Waals surface area (Å²) in [4.78, 5) is 26.4. The minimum Gasteiger partial charge on any atom is -0.492 e. The van der Waals surface area contributed by atoms with Gasteiger partial charge in [0, 0.05) is 35.3 Å². The van der Waals surface area contributed by atoms with Crippen LogP contribution in [0.1, 0.15) is 23.8 Å². The van der Waals surface area contributed by atoms with Crippen LogP contribution < -0.4 is 10.1 Å². The standard InChI is InChI=1S/C24H26N6O3S/c1-2-33-19-11-17-15(12-27-29-17)9-18(19)28-22-21-16-4-3-14(24(31)30-5-7-32-8-6-30)10-20(16)34-23(21)26-13-25-22/h9,11-14H,2-8,10H2,1H3,(H,27,29)(H,25,26,28)/t14-/m0/s1. The van der Waals surface area contributed by atoms with Crippen LogP contribution in [0.5, 0.6) is 5.75 Å². The van der Waals surface area contributed by atoms with Crippen LogP contribution in [-0.4, -0.2) is 63.9 Å².